The Labute approximate surface area is 181 Å². The summed E-state index contributed by atoms with van der Waals surface area (Å²) >= 11 is 0. The Morgan fingerprint density at radius 2 is 1.81 bits per heavy atom. The summed E-state index contributed by atoms with van der Waals surface area (Å²) in [6.45, 7) is 1.79. The van der Waals surface area contributed by atoms with E-state index in [1.165, 1.54) is 17.2 Å². The zero-order valence-electron chi connectivity index (χ0n) is 17.4. The molecule has 31 heavy (non-hydrogen) atoms. The second-order valence-corrected chi connectivity index (χ2v) is 7.92. The van der Waals surface area contributed by atoms with Crippen molar-refractivity contribution in [3.63, 3.8) is 0 Å². The average molecular weight is 415 g/mol. The normalized spacial score (nSPS) is 16.2. The summed E-state index contributed by atoms with van der Waals surface area (Å²) in [6, 6.07) is 22.0. The molecule has 1 aliphatic carbocycles. The van der Waals surface area contributed by atoms with E-state index >= 15 is 0 Å². The zero-order valence-corrected chi connectivity index (χ0v) is 17.4. The fraction of sp³-hybridized carbons (Fsp3) is 0.240. The highest BCUT2D eigenvalue weighted by atomic mass is 16.6. The first-order valence-electron chi connectivity index (χ1n) is 10.5. The summed E-state index contributed by atoms with van der Waals surface area (Å²) < 4.78 is 0. The van der Waals surface area contributed by atoms with E-state index in [4.69, 9.17) is 0 Å². The topological polar surface area (TPSA) is 84.3 Å². The number of nitro benzene ring substituents is 1. The van der Waals surface area contributed by atoms with E-state index in [1.54, 1.807) is 19.1 Å². The maximum atomic E-state index is 13.4. The van der Waals surface area contributed by atoms with Crippen LogP contribution < -0.4 is 10.6 Å². The van der Waals surface area contributed by atoms with Crippen LogP contribution in [0.2, 0.25) is 0 Å². The Balaban J connectivity index is 1.64. The quantitative estimate of drug-likeness (QED) is 0.425. The highest BCUT2D eigenvalue weighted by Crippen LogP contribution is 2.33. The number of nitro groups is 1. The molecule has 0 saturated heterocycles. The Kier molecular flexibility index (Phi) is 6.09. The van der Waals surface area contributed by atoms with Crippen molar-refractivity contribution in [1.29, 1.82) is 0 Å². The maximum absolute atomic E-state index is 13.4. The fourth-order valence-corrected chi connectivity index (χ4v) is 4.20. The summed E-state index contributed by atoms with van der Waals surface area (Å²) in [5, 5.41) is 17.8. The van der Waals surface area contributed by atoms with Crippen LogP contribution in [0.5, 0.6) is 0 Å². The lowest BCUT2D eigenvalue weighted by Crippen LogP contribution is -2.37. The van der Waals surface area contributed by atoms with Crippen LogP contribution in [-0.4, -0.2) is 10.8 Å². The molecule has 0 unspecified atom stereocenters. The van der Waals surface area contributed by atoms with Crippen LogP contribution in [0.1, 0.15) is 47.2 Å². The summed E-state index contributed by atoms with van der Waals surface area (Å²) in [6.07, 6.45) is 3.01. The number of nitrogens with zero attached hydrogens (tertiary/aromatic N) is 1. The van der Waals surface area contributed by atoms with Crippen molar-refractivity contribution in [1.82, 2.24) is 5.32 Å². The van der Waals surface area contributed by atoms with Crippen LogP contribution in [0.15, 0.2) is 72.8 Å². The monoisotopic (exact) mass is 415 g/mol. The SMILES string of the molecule is Cc1ccc(NC(=O)[C@H](N[C@H]2CCCc3ccccc32)c2ccccc2)c([N+](=O)[O-])c1. The predicted molar refractivity (Wildman–Crippen MR) is 121 cm³/mol. The van der Waals surface area contributed by atoms with Crippen molar-refractivity contribution in [3.05, 3.63) is 105 Å². The average Bonchev–Trinajstić information content (AvgIpc) is 2.79. The molecule has 0 radical (unpaired) electrons. The van der Waals surface area contributed by atoms with Gasteiger partial charge in [0.15, 0.2) is 0 Å². The molecule has 0 saturated carbocycles. The third kappa shape index (κ3) is 4.64. The molecule has 2 atom stereocenters. The number of anilines is 1. The van der Waals surface area contributed by atoms with Gasteiger partial charge < -0.3 is 5.32 Å². The molecule has 6 nitrogen and oxygen atoms in total. The van der Waals surface area contributed by atoms with Gasteiger partial charge in [-0.15, -0.1) is 0 Å². The first kappa shape index (κ1) is 20.8. The molecule has 0 heterocycles. The molecule has 4 rings (SSSR count). The Morgan fingerprint density at radius 1 is 1.06 bits per heavy atom. The number of amides is 1. The molecule has 0 fully saturated rings. The van der Waals surface area contributed by atoms with E-state index in [9.17, 15) is 14.9 Å². The second-order valence-electron chi connectivity index (χ2n) is 7.92. The van der Waals surface area contributed by atoms with Gasteiger partial charge in [-0.2, -0.15) is 0 Å². The molecule has 0 bridgehead atoms. The lowest BCUT2D eigenvalue weighted by molar-refractivity contribution is -0.384. The van der Waals surface area contributed by atoms with Gasteiger partial charge in [0.25, 0.3) is 5.69 Å². The number of fused-ring (bicyclic) bond motifs is 1. The smallest absolute Gasteiger partial charge is 0.293 e. The van der Waals surface area contributed by atoms with E-state index in [-0.39, 0.29) is 23.3 Å². The molecule has 0 aliphatic heterocycles. The molecule has 2 N–H and O–H groups in total. The van der Waals surface area contributed by atoms with Gasteiger partial charge >= 0.3 is 0 Å². The van der Waals surface area contributed by atoms with Gasteiger partial charge in [0.1, 0.15) is 11.7 Å². The zero-order chi connectivity index (χ0) is 21.8. The Morgan fingerprint density at radius 3 is 2.58 bits per heavy atom. The molecular weight excluding hydrogens is 390 g/mol. The summed E-state index contributed by atoms with van der Waals surface area (Å²) in [7, 11) is 0. The molecule has 1 amide bonds. The van der Waals surface area contributed by atoms with E-state index in [0.717, 1.165) is 30.4 Å². The molecule has 0 aromatic heterocycles. The largest absolute Gasteiger partial charge is 0.319 e. The van der Waals surface area contributed by atoms with Gasteiger partial charge in [0, 0.05) is 12.1 Å². The minimum absolute atomic E-state index is 0.0360. The van der Waals surface area contributed by atoms with Crippen LogP contribution in [-0.2, 0) is 11.2 Å². The maximum Gasteiger partial charge on any atom is 0.293 e. The molecule has 3 aromatic rings. The van der Waals surface area contributed by atoms with Gasteiger partial charge in [-0.25, -0.2) is 0 Å². The number of hydrogen-bond acceptors (Lipinski definition) is 4. The molecule has 6 heteroatoms. The Hall–Kier alpha value is -3.51. The number of aryl methyl sites for hydroxylation is 2. The lowest BCUT2D eigenvalue weighted by Gasteiger charge is -2.30. The standard InChI is InChI=1S/C25H25N3O3/c1-17-14-15-22(23(16-17)28(30)31)27-25(29)24(19-9-3-2-4-10-19)26-21-13-7-11-18-8-5-6-12-20(18)21/h2-6,8-10,12,14-16,21,24,26H,7,11,13H2,1H3,(H,27,29)/t21-,24+/m0/s1. The lowest BCUT2D eigenvalue weighted by atomic mass is 9.87. The third-order valence-corrected chi connectivity index (χ3v) is 5.74. The summed E-state index contributed by atoms with van der Waals surface area (Å²) in [5.41, 5.74) is 4.19. The van der Waals surface area contributed by atoms with Crippen molar-refractivity contribution in [2.24, 2.45) is 0 Å². The highest BCUT2D eigenvalue weighted by Gasteiger charge is 2.28. The third-order valence-electron chi connectivity index (χ3n) is 5.74. The van der Waals surface area contributed by atoms with E-state index in [2.05, 4.69) is 22.8 Å². The first-order valence-corrected chi connectivity index (χ1v) is 10.5. The van der Waals surface area contributed by atoms with Gasteiger partial charge in [0.2, 0.25) is 5.91 Å². The van der Waals surface area contributed by atoms with Gasteiger partial charge in [-0.05, 0) is 54.5 Å². The van der Waals surface area contributed by atoms with Crippen molar-refractivity contribution in [2.75, 3.05) is 5.32 Å². The van der Waals surface area contributed by atoms with Gasteiger partial charge in [0.05, 0.1) is 4.92 Å². The van der Waals surface area contributed by atoms with Crippen molar-refractivity contribution in [2.45, 2.75) is 38.3 Å². The van der Waals surface area contributed by atoms with Crippen LogP contribution in [0.4, 0.5) is 11.4 Å². The van der Waals surface area contributed by atoms with Crippen molar-refractivity contribution < 1.29 is 9.72 Å². The van der Waals surface area contributed by atoms with E-state index in [1.807, 2.05) is 42.5 Å². The van der Waals surface area contributed by atoms with Crippen LogP contribution in [0.25, 0.3) is 0 Å². The van der Waals surface area contributed by atoms with Crippen molar-refractivity contribution >= 4 is 17.3 Å². The van der Waals surface area contributed by atoms with Crippen molar-refractivity contribution in [3.8, 4) is 0 Å². The summed E-state index contributed by atoms with van der Waals surface area (Å²) in [5.74, 6) is -0.318. The first-order chi connectivity index (χ1) is 15.0. The number of hydrogen-bond donors (Lipinski definition) is 2. The number of nitrogens with one attached hydrogen (secondary N) is 2. The highest BCUT2D eigenvalue weighted by molar-refractivity contribution is 5.97. The molecule has 1 aliphatic rings. The number of carbonyl (C=O) groups is 1. The van der Waals surface area contributed by atoms with Crippen LogP contribution >= 0.6 is 0 Å². The van der Waals surface area contributed by atoms with E-state index in [0.29, 0.717) is 0 Å². The minimum Gasteiger partial charge on any atom is -0.319 e. The fourth-order valence-electron chi connectivity index (χ4n) is 4.20. The minimum atomic E-state index is -0.640. The second kappa shape index (κ2) is 9.10. The molecule has 0 spiro atoms. The number of benzene rings is 3. The van der Waals surface area contributed by atoms with E-state index < -0.39 is 11.0 Å². The molecule has 158 valence electrons. The van der Waals surface area contributed by atoms with Crippen LogP contribution in [0, 0.1) is 17.0 Å². The summed E-state index contributed by atoms with van der Waals surface area (Å²) in [4.78, 5) is 24.4. The van der Waals surface area contributed by atoms with Crippen LogP contribution in [0.3, 0.4) is 0 Å². The predicted octanol–water partition coefficient (Wildman–Crippen LogP) is 5.25. The number of carbonyl (C=O) groups excluding carboxylic acids is 1. The molecular formula is C25H25N3O3. The Bertz CT molecular complexity index is 1100. The molecule has 3 aromatic carbocycles. The number of rotatable bonds is 6. The van der Waals surface area contributed by atoms with Gasteiger partial charge in [-0.1, -0.05) is 60.7 Å². The van der Waals surface area contributed by atoms with Gasteiger partial charge in [-0.3, -0.25) is 20.2 Å².